The highest BCUT2D eigenvalue weighted by atomic mass is 16.2. The molecule has 0 bridgehead atoms. The third-order valence-corrected chi connectivity index (χ3v) is 4.22. The molecule has 0 aliphatic carbocycles. The van der Waals surface area contributed by atoms with E-state index >= 15 is 0 Å². The summed E-state index contributed by atoms with van der Waals surface area (Å²) >= 11 is 0. The van der Waals surface area contributed by atoms with Crippen molar-refractivity contribution in [3.05, 3.63) is 54.6 Å². The van der Waals surface area contributed by atoms with Crippen LogP contribution in [0.25, 0.3) is 0 Å². The van der Waals surface area contributed by atoms with Gasteiger partial charge >= 0.3 is 6.03 Å². The Labute approximate surface area is 141 Å². The van der Waals surface area contributed by atoms with E-state index < -0.39 is 0 Å². The fraction of sp³-hybridized carbons (Fsp3) is 0.353. The van der Waals surface area contributed by atoms with Crippen LogP contribution in [0.2, 0.25) is 0 Å². The molecule has 1 saturated heterocycles. The number of nitrogens with one attached hydrogen (secondary N) is 1. The van der Waals surface area contributed by atoms with Crippen molar-refractivity contribution in [3.63, 3.8) is 0 Å². The van der Waals surface area contributed by atoms with Gasteiger partial charge in [0.2, 0.25) is 0 Å². The zero-order chi connectivity index (χ0) is 16.8. The highest BCUT2D eigenvalue weighted by Crippen LogP contribution is 2.17. The number of amides is 2. The number of aromatic nitrogens is 2. The van der Waals surface area contributed by atoms with Crippen molar-refractivity contribution in [1.29, 1.82) is 0 Å². The zero-order valence-electron chi connectivity index (χ0n) is 13.5. The summed E-state index contributed by atoms with van der Waals surface area (Å²) in [5.74, 6) is 6.19. The van der Waals surface area contributed by atoms with Crippen LogP contribution < -0.4 is 11.2 Å². The van der Waals surface area contributed by atoms with E-state index in [2.05, 4.69) is 15.3 Å². The molecule has 1 aliphatic heterocycles. The van der Waals surface area contributed by atoms with Crippen molar-refractivity contribution in [2.24, 2.45) is 5.84 Å². The number of piperidine rings is 1. The number of rotatable bonds is 4. The molecule has 3 N–H and O–H groups in total. The Hall–Kier alpha value is -2.51. The van der Waals surface area contributed by atoms with E-state index in [-0.39, 0.29) is 12.1 Å². The molecule has 24 heavy (non-hydrogen) atoms. The lowest BCUT2D eigenvalue weighted by atomic mass is 10.0. The number of nitrogens with zero attached hydrogens (tertiary/aromatic N) is 4. The maximum atomic E-state index is 12.3. The summed E-state index contributed by atoms with van der Waals surface area (Å²) in [7, 11) is 0. The number of hydrogen-bond acceptors (Lipinski definition) is 5. The van der Waals surface area contributed by atoms with Crippen LogP contribution in [0.4, 0.5) is 10.5 Å². The Morgan fingerprint density at radius 1 is 1.21 bits per heavy atom. The molecule has 1 aliphatic rings. The maximum absolute atomic E-state index is 12.3. The normalized spacial score (nSPS) is 15.5. The van der Waals surface area contributed by atoms with E-state index in [1.165, 1.54) is 0 Å². The van der Waals surface area contributed by atoms with Crippen molar-refractivity contribution < 1.29 is 4.79 Å². The number of hydrogen-bond donors (Lipinski definition) is 2. The van der Waals surface area contributed by atoms with Gasteiger partial charge in [0.25, 0.3) is 0 Å². The van der Waals surface area contributed by atoms with E-state index in [0.29, 0.717) is 19.6 Å². The largest absolute Gasteiger partial charge is 0.324 e. The quantitative estimate of drug-likeness (QED) is 0.661. The third kappa shape index (κ3) is 4.27. The molecule has 2 amide bonds. The monoisotopic (exact) mass is 326 g/mol. The summed E-state index contributed by atoms with van der Waals surface area (Å²) in [5.41, 5.74) is 1.71. The molecule has 0 atom stereocenters. The Kier molecular flexibility index (Phi) is 5.35. The molecular weight excluding hydrogens is 304 g/mol. The average Bonchev–Trinajstić information content (AvgIpc) is 2.63. The second-order valence-electron chi connectivity index (χ2n) is 5.88. The van der Waals surface area contributed by atoms with Gasteiger partial charge in [-0.05, 0) is 37.1 Å². The van der Waals surface area contributed by atoms with Crippen molar-refractivity contribution in [2.45, 2.75) is 25.4 Å². The zero-order valence-corrected chi connectivity index (χ0v) is 13.5. The number of anilines is 1. The summed E-state index contributed by atoms with van der Waals surface area (Å²) in [6, 6.07) is 9.56. The predicted octanol–water partition coefficient (Wildman–Crippen LogP) is 1.85. The summed E-state index contributed by atoms with van der Waals surface area (Å²) in [6.07, 6.45) is 6.80. The standard InChI is InChI=1S/C17H22N6O/c18-23(13-15-3-1-2-8-20-15)16-6-11-22(12-7-16)17(24)21-14-4-9-19-10-5-14/h1-5,8-10,16H,6-7,11-13,18H2,(H,19,21,24). The van der Waals surface area contributed by atoms with Crippen LogP contribution >= 0.6 is 0 Å². The molecule has 3 rings (SSSR count). The lowest BCUT2D eigenvalue weighted by Gasteiger charge is -2.36. The SMILES string of the molecule is NN(Cc1ccccn1)C1CCN(C(=O)Nc2ccncc2)CC1. The lowest BCUT2D eigenvalue weighted by molar-refractivity contribution is 0.115. The minimum atomic E-state index is -0.0760. The molecule has 0 unspecified atom stereocenters. The van der Waals surface area contributed by atoms with Crippen molar-refractivity contribution >= 4 is 11.7 Å². The van der Waals surface area contributed by atoms with Crippen LogP contribution in [0.5, 0.6) is 0 Å². The van der Waals surface area contributed by atoms with Gasteiger partial charge in [-0.1, -0.05) is 6.07 Å². The van der Waals surface area contributed by atoms with Crippen molar-refractivity contribution in [3.8, 4) is 0 Å². The topological polar surface area (TPSA) is 87.4 Å². The molecule has 1 fully saturated rings. The van der Waals surface area contributed by atoms with E-state index in [1.807, 2.05) is 28.1 Å². The Morgan fingerprint density at radius 3 is 2.62 bits per heavy atom. The number of nitrogens with two attached hydrogens (primary N) is 1. The minimum Gasteiger partial charge on any atom is -0.324 e. The number of carbonyl (C=O) groups excluding carboxylic acids is 1. The van der Waals surface area contributed by atoms with Gasteiger partial charge in [-0.2, -0.15) is 0 Å². The molecule has 0 aromatic carbocycles. The van der Waals surface area contributed by atoms with Crippen LogP contribution in [-0.4, -0.2) is 45.0 Å². The number of hydrazine groups is 1. The molecule has 2 aromatic heterocycles. The second kappa shape index (κ2) is 7.85. The predicted molar refractivity (Wildman–Crippen MR) is 91.8 cm³/mol. The summed E-state index contributed by atoms with van der Waals surface area (Å²) < 4.78 is 0. The molecule has 0 saturated carbocycles. The van der Waals surface area contributed by atoms with Gasteiger partial charge in [-0.3, -0.25) is 15.8 Å². The molecule has 2 aromatic rings. The van der Waals surface area contributed by atoms with Crippen LogP contribution in [0.1, 0.15) is 18.5 Å². The first-order valence-corrected chi connectivity index (χ1v) is 8.09. The van der Waals surface area contributed by atoms with Crippen molar-refractivity contribution in [1.82, 2.24) is 19.9 Å². The first kappa shape index (κ1) is 16.4. The van der Waals surface area contributed by atoms with Gasteiger partial charge in [0, 0.05) is 43.4 Å². The average molecular weight is 326 g/mol. The smallest absolute Gasteiger partial charge is 0.321 e. The molecule has 7 heteroatoms. The number of carbonyl (C=O) groups is 1. The molecule has 0 radical (unpaired) electrons. The third-order valence-electron chi connectivity index (χ3n) is 4.22. The molecule has 126 valence electrons. The number of urea groups is 1. The van der Waals surface area contributed by atoms with Gasteiger partial charge in [-0.15, -0.1) is 0 Å². The van der Waals surface area contributed by atoms with E-state index in [9.17, 15) is 4.79 Å². The lowest BCUT2D eigenvalue weighted by Crippen LogP contribution is -2.50. The van der Waals surface area contributed by atoms with Crippen LogP contribution in [-0.2, 0) is 6.54 Å². The van der Waals surface area contributed by atoms with Crippen LogP contribution in [0.15, 0.2) is 48.9 Å². The van der Waals surface area contributed by atoms with E-state index in [4.69, 9.17) is 5.84 Å². The molecular formula is C17H22N6O. The second-order valence-corrected chi connectivity index (χ2v) is 5.88. The Morgan fingerprint density at radius 2 is 1.96 bits per heavy atom. The van der Waals surface area contributed by atoms with E-state index in [1.54, 1.807) is 30.7 Å². The van der Waals surface area contributed by atoms with Gasteiger partial charge in [0.05, 0.1) is 12.2 Å². The van der Waals surface area contributed by atoms with Gasteiger partial charge in [0.15, 0.2) is 0 Å². The van der Waals surface area contributed by atoms with Gasteiger partial charge in [-0.25, -0.2) is 9.80 Å². The number of likely N-dealkylation sites (tertiary alicyclic amines) is 1. The Balaban J connectivity index is 1.47. The van der Waals surface area contributed by atoms with Gasteiger partial charge < -0.3 is 10.2 Å². The highest BCUT2D eigenvalue weighted by molar-refractivity contribution is 5.89. The maximum Gasteiger partial charge on any atom is 0.321 e. The molecule has 3 heterocycles. The minimum absolute atomic E-state index is 0.0760. The number of pyridine rings is 2. The van der Waals surface area contributed by atoms with Crippen molar-refractivity contribution in [2.75, 3.05) is 18.4 Å². The summed E-state index contributed by atoms with van der Waals surface area (Å²) in [4.78, 5) is 22.3. The molecule has 0 spiro atoms. The van der Waals surface area contributed by atoms with Crippen LogP contribution in [0.3, 0.4) is 0 Å². The van der Waals surface area contributed by atoms with Crippen LogP contribution in [0, 0.1) is 0 Å². The first-order valence-electron chi connectivity index (χ1n) is 8.09. The summed E-state index contributed by atoms with van der Waals surface area (Å²) in [6.45, 7) is 2.00. The summed E-state index contributed by atoms with van der Waals surface area (Å²) in [5, 5.41) is 4.72. The fourth-order valence-electron chi connectivity index (χ4n) is 2.85. The fourth-order valence-corrected chi connectivity index (χ4v) is 2.85. The van der Waals surface area contributed by atoms with Gasteiger partial charge in [0.1, 0.15) is 0 Å². The Bertz CT molecular complexity index is 643. The first-order chi connectivity index (χ1) is 11.7. The highest BCUT2D eigenvalue weighted by Gasteiger charge is 2.25. The van der Waals surface area contributed by atoms with E-state index in [0.717, 1.165) is 24.2 Å². The molecule has 7 nitrogen and oxygen atoms in total.